The van der Waals surface area contributed by atoms with Gasteiger partial charge in [0.15, 0.2) is 0 Å². The van der Waals surface area contributed by atoms with Crippen molar-refractivity contribution in [3.8, 4) is 0 Å². The van der Waals surface area contributed by atoms with Crippen LogP contribution in [0.3, 0.4) is 0 Å². The van der Waals surface area contributed by atoms with Crippen molar-refractivity contribution in [3.05, 3.63) is 23.8 Å². The molecule has 0 unspecified atom stereocenters. The number of ether oxygens (including phenoxy) is 1. The van der Waals surface area contributed by atoms with Crippen molar-refractivity contribution >= 4 is 17.5 Å². The molecule has 2 aliphatic rings. The number of carbonyl (C=O) groups is 1. The Labute approximate surface area is 195 Å². The van der Waals surface area contributed by atoms with Crippen molar-refractivity contribution in [2.24, 2.45) is 5.41 Å². The van der Waals surface area contributed by atoms with Crippen molar-refractivity contribution in [1.29, 1.82) is 0 Å². The summed E-state index contributed by atoms with van der Waals surface area (Å²) in [4.78, 5) is 13.8. The highest BCUT2D eigenvalue weighted by atomic mass is 19.4. The number of rotatable bonds is 4. The lowest BCUT2D eigenvalue weighted by Crippen LogP contribution is -2.42. The molecule has 1 aliphatic carbocycles. The van der Waals surface area contributed by atoms with E-state index in [0.29, 0.717) is 18.8 Å². The standard InChI is InChI=1S/C25H38F3N3O2/c1-23(2,3)33-22(32)30-18-8-6-17(7-9-18)29-19-10-11-21(20(16-19)25(26,27)28)31-14-12-24(4,5)13-15-31/h10-11,16-18,29H,6-9,12-15H2,1-5H3,(H,30,32). The lowest BCUT2D eigenvalue weighted by molar-refractivity contribution is -0.137. The average Bonchev–Trinajstić information content (AvgIpc) is 2.67. The normalized spacial score (nSPS) is 23.7. The van der Waals surface area contributed by atoms with E-state index >= 15 is 0 Å². The topological polar surface area (TPSA) is 53.6 Å². The number of carbonyl (C=O) groups excluding carboxylic acids is 1. The smallest absolute Gasteiger partial charge is 0.418 e. The number of anilines is 2. The molecule has 0 atom stereocenters. The SMILES string of the molecule is CC1(C)CCN(c2ccc(NC3CCC(NC(=O)OC(C)(C)C)CC3)cc2C(F)(F)F)CC1. The van der Waals surface area contributed by atoms with Gasteiger partial charge in [0.2, 0.25) is 0 Å². The van der Waals surface area contributed by atoms with Gasteiger partial charge in [0.25, 0.3) is 0 Å². The lowest BCUT2D eigenvalue weighted by Gasteiger charge is -2.39. The van der Waals surface area contributed by atoms with E-state index in [9.17, 15) is 18.0 Å². The molecule has 1 amide bonds. The molecule has 33 heavy (non-hydrogen) atoms. The van der Waals surface area contributed by atoms with Crippen LogP contribution in [0.25, 0.3) is 0 Å². The highest BCUT2D eigenvalue weighted by Crippen LogP contribution is 2.41. The third-order valence-electron chi connectivity index (χ3n) is 6.58. The molecule has 1 saturated carbocycles. The molecule has 5 nitrogen and oxygen atoms in total. The molecule has 3 rings (SSSR count). The van der Waals surface area contributed by atoms with E-state index < -0.39 is 23.4 Å². The number of nitrogens with zero attached hydrogens (tertiary/aromatic N) is 1. The Morgan fingerprint density at radius 3 is 2.15 bits per heavy atom. The molecule has 0 spiro atoms. The van der Waals surface area contributed by atoms with Gasteiger partial charge in [-0.1, -0.05) is 13.8 Å². The maximum Gasteiger partial charge on any atom is 0.418 e. The van der Waals surface area contributed by atoms with Crippen LogP contribution in [-0.2, 0) is 10.9 Å². The van der Waals surface area contributed by atoms with Gasteiger partial charge in [-0.3, -0.25) is 0 Å². The van der Waals surface area contributed by atoms with Gasteiger partial charge in [0.1, 0.15) is 5.60 Å². The first-order valence-corrected chi connectivity index (χ1v) is 11.9. The predicted molar refractivity (Wildman–Crippen MR) is 126 cm³/mol. The average molecular weight is 470 g/mol. The number of benzene rings is 1. The molecule has 1 saturated heterocycles. The molecule has 2 fully saturated rings. The summed E-state index contributed by atoms with van der Waals surface area (Å²) < 4.78 is 47.0. The van der Waals surface area contributed by atoms with Gasteiger partial charge in [0, 0.05) is 36.5 Å². The molecule has 0 aromatic heterocycles. The maximum absolute atomic E-state index is 13.9. The number of nitrogens with one attached hydrogen (secondary N) is 2. The second-order valence-electron chi connectivity index (χ2n) is 11.2. The highest BCUT2D eigenvalue weighted by Gasteiger charge is 2.37. The Bertz CT molecular complexity index is 815. The van der Waals surface area contributed by atoms with Crippen LogP contribution in [0.15, 0.2) is 18.2 Å². The van der Waals surface area contributed by atoms with Crippen molar-refractivity contribution in [2.45, 2.75) is 97.0 Å². The second-order valence-corrected chi connectivity index (χ2v) is 11.2. The summed E-state index contributed by atoms with van der Waals surface area (Å²) in [6, 6.07) is 4.72. The summed E-state index contributed by atoms with van der Waals surface area (Å²) in [6.07, 6.45) is -0.0271. The Kier molecular flexibility index (Phi) is 7.44. The van der Waals surface area contributed by atoms with Gasteiger partial charge in [-0.15, -0.1) is 0 Å². The van der Waals surface area contributed by atoms with Crippen molar-refractivity contribution in [2.75, 3.05) is 23.3 Å². The number of piperidine rings is 1. The van der Waals surface area contributed by atoms with E-state index in [-0.39, 0.29) is 23.2 Å². The maximum atomic E-state index is 13.9. The van der Waals surface area contributed by atoms with Crippen LogP contribution in [0, 0.1) is 5.41 Å². The van der Waals surface area contributed by atoms with Crippen LogP contribution < -0.4 is 15.5 Å². The highest BCUT2D eigenvalue weighted by molar-refractivity contribution is 5.68. The second kappa shape index (κ2) is 9.63. The molecule has 0 bridgehead atoms. The summed E-state index contributed by atoms with van der Waals surface area (Å²) in [5.41, 5.74) is -0.184. The third-order valence-corrected chi connectivity index (χ3v) is 6.58. The number of alkyl carbamates (subject to hydrolysis) is 1. The molecule has 1 aliphatic heterocycles. The summed E-state index contributed by atoms with van der Waals surface area (Å²) in [6.45, 7) is 11.1. The molecule has 1 aromatic rings. The molecular weight excluding hydrogens is 431 g/mol. The Morgan fingerprint density at radius 2 is 1.61 bits per heavy atom. The fourth-order valence-electron chi connectivity index (χ4n) is 4.57. The number of hydrogen-bond acceptors (Lipinski definition) is 4. The van der Waals surface area contributed by atoms with Gasteiger partial charge < -0.3 is 20.3 Å². The molecule has 1 heterocycles. The molecule has 2 N–H and O–H groups in total. The number of halogens is 3. The molecule has 1 aromatic carbocycles. The van der Waals surface area contributed by atoms with E-state index in [2.05, 4.69) is 24.5 Å². The van der Waals surface area contributed by atoms with Crippen LogP contribution in [0.4, 0.5) is 29.3 Å². The van der Waals surface area contributed by atoms with Gasteiger partial charge in [-0.05, 0) is 82.9 Å². The van der Waals surface area contributed by atoms with Crippen LogP contribution in [0.2, 0.25) is 0 Å². The van der Waals surface area contributed by atoms with Crippen LogP contribution in [-0.4, -0.2) is 36.9 Å². The van der Waals surface area contributed by atoms with Gasteiger partial charge in [-0.2, -0.15) is 13.2 Å². The fraction of sp³-hybridized carbons (Fsp3) is 0.720. The number of hydrogen-bond donors (Lipinski definition) is 2. The van der Waals surface area contributed by atoms with E-state index in [4.69, 9.17) is 4.74 Å². The van der Waals surface area contributed by atoms with Crippen LogP contribution in [0.5, 0.6) is 0 Å². The van der Waals surface area contributed by atoms with Gasteiger partial charge >= 0.3 is 12.3 Å². The van der Waals surface area contributed by atoms with Crippen molar-refractivity contribution in [3.63, 3.8) is 0 Å². The minimum Gasteiger partial charge on any atom is -0.444 e. The summed E-state index contributed by atoms with van der Waals surface area (Å²) in [5, 5.41) is 6.18. The summed E-state index contributed by atoms with van der Waals surface area (Å²) in [5.74, 6) is 0. The largest absolute Gasteiger partial charge is 0.444 e. The third kappa shape index (κ3) is 7.44. The van der Waals surface area contributed by atoms with E-state index in [0.717, 1.165) is 38.5 Å². The Hall–Kier alpha value is -2.12. The first-order valence-electron chi connectivity index (χ1n) is 11.9. The molecule has 0 radical (unpaired) electrons. The fourth-order valence-corrected chi connectivity index (χ4v) is 4.57. The lowest BCUT2D eigenvalue weighted by atomic mass is 9.82. The Morgan fingerprint density at radius 1 is 1.03 bits per heavy atom. The monoisotopic (exact) mass is 469 g/mol. The van der Waals surface area contributed by atoms with Crippen molar-refractivity contribution in [1.82, 2.24) is 5.32 Å². The molecule has 8 heteroatoms. The van der Waals surface area contributed by atoms with E-state index in [1.165, 1.54) is 6.07 Å². The van der Waals surface area contributed by atoms with Crippen molar-refractivity contribution < 1.29 is 22.7 Å². The Balaban J connectivity index is 1.60. The van der Waals surface area contributed by atoms with E-state index in [1.807, 2.05) is 25.7 Å². The van der Waals surface area contributed by atoms with Crippen LogP contribution in [0.1, 0.15) is 78.7 Å². The van der Waals surface area contributed by atoms with E-state index in [1.54, 1.807) is 12.1 Å². The zero-order valence-corrected chi connectivity index (χ0v) is 20.4. The first kappa shape index (κ1) is 25.5. The number of amides is 1. The van der Waals surface area contributed by atoms with Crippen LogP contribution >= 0.6 is 0 Å². The molecular formula is C25H38F3N3O2. The summed E-state index contributed by atoms with van der Waals surface area (Å²) in [7, 11) is 0. The summed E-state index contributed by atoms with van der Waals surface area (Å²) >= 11 is 0. The van der Waals surface area contributed by atoms with Gasteiger partial charge in [-0.25, -0.2) is 4.79 Å². The molecule has 186 valence electrons. The number of alkyl halides is 3. The quantitative estimate of drug-likeness (QED) is 0.523. The zero-order valence-electron chi connectivity index (χ0n) is 20.4. The zero-order chi connectivity index (χ0) is 24.4. The minimum atomic E-state index is -4.41. The minimum absolute atomic E-state index is 0.0226. The first-order chi connectivity index (χ1) is 15.2. The van der Waals surface area contributed by atoms with Gasteiger partial charge in [0.05, 0.1) is 5.56 Å². The predicted octanol–water partition coefficient (Wildman–Crippen LogP) is 6.58.